The van der Waals surface area contributed by atoms with Crippen LogP contribution < -0.4 is 5.32 Å². The predicted molar refractivity (Wildman–Crippen MR) is 77.6 cm³/mol. The molecule has 1 aromatic heterocycles. The SMILES string of the molecule is CS(=O)(=O)N1CCC[C@@H](C(=O)Nc2ccn(CC(=O)O)n2)C1. The Morgan fingerprint density at radius 2 is 2.23 bits per heavy atom. The summed E-state index contributed by atoms with van der Waals surface area (Å²) in [5.74, 6) is -1.53. The molecule has 122 valence electrons. The lowest BCUT2D eigenvalue weighted by atomic mass is 9.99. The normalized spacial score (nSPS) is 19.8. The van der Waals surface area contributed by atoms with E-state index >= 15 is 0 Å². The first-order valence-electron chi connectivity index (χ1n) is 6.77. The molecule has 1 saturated heterocycles. The molecule has 0 bridgehead atoms. The third-order valence-electron chi connectivity index (χ3n) is 3.41. The second-order valence-corrected chi connectivity index (χ2v) is 7.22. The van der Waals surface area contributed by atoms with Crippen LogP contribution in [-0.4, -0.2) is 58.8 Å². The van der Waals surface area contributed by atoms with Crippen LogP contribution in [0.5, 0.6) is 0 Å². The molecule has 0 spiro atoms. The summed E-state index contributed by atoms with van der Waals surface area (Å²) in [5, 5.41) is 15.2. The molecule has 22 heavy (non-hydrogen) atoms. The highest BCUT2D eigenvalue weighted by Gasteiger charge is 2.30. The first-order chi connectivity index (χ1) is 10.3. The molecular weight excluding hydrogens is 312 g/mol. The lowest BCUT2D eigenvalue weighted by molar-refractivity contribution is -0.137. The fraction of sp³-hybridized carbons (Fsp3) is 0.583. The van der Waals surface area contributed by atoms with Crippen LogP contribution in [0.25, 0.3) is 0 Å². The average Bonchev–Trinajstić information content (AvgIpc) is 2.84. The second-order valence-electron chi connectivity index (χ2n) is 5.24. The number of nitrogens with one attached hydrogen (secondary N) is 1. The van der Waals surface area contributed by atoms with Gasteiger partial charge in [-0.05, 0) is 12.8 Å². The number of aromatic nitrogens is 2. The molecule has 1 amide bonds. The first-order valence-corrected chi connectivity index (χ1v) is 8.62. The molecule has 1 aliphatic heterocycles. The molecule has 2 heterocycles. The zero-order valence-electron chi connectivity index (χ0n) is 12.1. The van der Waals surface area contributed by atoms with Crippen molar-refractivity contribution in [3.63, 3.8) is 0 Å². The zero-order chi connectivity index (χ0) is 16.3. The van der Waals surface area contributed by atoms with Gasteiger partial charge in [0.15, 0.2) is 5.82 Å². The van der Waals surface area contributed by atoms with Gasteiger partial charge in [-0.15, -0.1) is 0 Å². The van der Waals surface area contributed by atoms with Crippen LogP contribution in [0, 0.1) is 5.92 Å². The van der Waals surface area contributed by atoms with Gasteiger partial charge in [0.25, 0.3) is 0 Å². The van der Waals surface area contributed by atoms with E-state index in [1.165, 1.54) is 21.3 Å². The number of piperidine rings is 1. The van der Waals surface area contributed by atoms with E-state index in [4.69, 9.17) is 5.11 Å². The van der Waals surface area contributed by atoms with Gasteiger partial charge >= 0.3 is 5.97 Å². The molecule has 0 saturated carbocycles. The molecule has 10 heteroatoms. The monoisotopic (exact) mass is 330 g/mol. The number of anilines is 1. The van der Waals surface area contributed by atoms with Crippen molar-refractivity contribution in [2.45, 2.75) is 19.4 Å². The molecule has 0 radical (unpaired) electrons. The van der Waals surface area contributed by atoms with Crippen molar-refractivity contribution >= 4 is 27.7 Å². The van der Waals surface area contributed by atoms with E-state index in [2.05, 4.69) is 10.4 Å². The number of rotatable bonds is 5. The molecule has 0 aromatic carbocycles. The number of hydrogen-bond acceptors (Lipinski definition) is 5. The summed E-state index contributed by atoms with van der Waals surface area (Å²) in [6.07, 6.45) is 3.81. The summed E-state index contributed by atoms with van der Waals surface area (Å²) in [6, 6.07) is 1.50. The van der Waals surface area contributed by atoms with Crippen LogP contribution in [0.15, 0.2) is 12.3 Å². The Labute approximate surface area is 128 Å². The van der Waals surface area contributed by atoms with Crippen molar-refractivity contribution in [2.75, 3.05) is 24.7 Å². The highest BCUT2D eigenvalue weighted by Crippen LogP contribution is 2.20. The molecular formula is C12H18N4O5S. The predicted octanol–water partition coefficient (Wildman–Crippen LogP) is -0.422. The van der Waals surface area contributed by atoms with Gasteiger partial charge in [-0.25, -0.2) is 12.7 Å². The van der Waals surface area contributed by atoms with Gasteiger partial charge in [-0.2, -0.15) is 5.10 Å². The van der Waals surface area contributed by atoms with Crippen LogP contribution in [0.4, 0.5) is 5.82 Å². The van der Waals surface area contributed by atoms with Crippen molar-refractivity contribution in [3.05, 3.63) is 12.3 Å². The Balaban J connectivity index is 1.97. The summed E-state index contributed by atoms with van der Waals surface area (Å²) in [5.41, 5.74) is 0. The van der Waals surface area contributed by atoms with Crippen LogP contribution >= 0.6 is 0 Å². The fourth-order valence-electron chi connectivity index (χ4n) is 2.34. The van der Waals surface area contributed by atoms with E-state index in [1.807, 2.05) is 0 Å². The molecule has 0 aliphatic carbocycles. The molecule has 1 aliphatic rings. The molecule has 2 N–H and O–H groups in total. The molecule has 1 fully saturated rings. The first kappa shape index (κ1) is 16.4. The Bertz CT molecular complexity index is 669. The van der Waals surface area contributed by atoms with Crippen molar-refractivity contribution in [1.82, 2.24) is 14.1 Å². The number of aliphatic carboxylic acids is 1. The number of carbonyl (C=O) groups is 2. The second kappa shape index (κ2) is 6.44. The van der Waals surface area contributed by atoms with Gasteiger partial charge in [0.1, 0.15) is 6.54 Å². The fourth-order valence-corrected chi connectivity index (χ4v) is 3.25. The molecule has 9 nitrogen and oxygen atoms in total. The van der Waals surface area contributed by atoms with Crippen LogP contribution in [0.2, 0.25) is 0 Å². The summed E-state index contributed by atoms with van der Waals surface area (Å²) in [6.45, 7) is 0.289. The van der Waals surface area contributed by atoms with Gasteiger partial charge in [-0.1, -0.05) is 0 Å². The highest BCUT2D eigenvalue weighted by molar-refractivity contribution is 7.88. The van der Waals surface area contributed by atoms with Gasteiger partial charge in [0, 0.05) is 25.4 Å². The minimum absolute atomic E-state index is 0.153. The Kier molecular flexibility index (Phi) is 4.81. The lowest BCUT2D eigenvalue weighted by Crippen LogP contribution is -2.43. The third kappa shape index (κ3) is 4.28. The maximum absolute atomic E-state index is 12.2. The summed E-state index contributed by atoms with van der Waals surface area (Å²) in [4.78, 5) is 22.7. The largest absolute Gasteiger partial charge is 0.480 e. The Morgan fingerprint density at radius 3 is 2.86 bits per heavy atom. The summed E-state index contributed by atoms with van der Waals surface area (Å²) in [7, 11) is -3.31. The number of hydrogen-bond donors (Lipinski definition) is 2. The van der Waals surface area contributed by atoms with Crippen molar-refractivity contribution < 1.29 is 23.1 Å². The minimum atomic E-state index is -3.31. The molecule has 1 aromatic rings. The van der Waals surface area contributed by atoms with E-state index < -0.39 is 21.9 Å². The van der Waals surface area contributed by atoms with Crippen molar-refractivity contribution in [1.29, 1.82) is 0 Å². The number of carboxylic acid groups (broad SMARTS) is 1. The van der Waals surface area contributed by atoms with E-state index in [0.717, 1.165) is 6.26 Å². The number of nitrogens with zero attached hydrogens (tertiary/aromatic N) is 3. The van der Waals surface area contributed by atoms with Gasteiger partial charge in [-0.3, -0.25) is 14.3 Å². The molecule has 2 rings (SSSR count). The molecule has 0 unspecified atom stereocenters. The average molecular weight is 330 g/mol. The Hall–Kier alpha value is -1.94. The summed E-state index contributed by atoms with van der Waals surface area (Å²) < 4.78 is 25.6. The number of carbonyl (C=O) groups excluding carboxylic acids is 1. The van der Waals surface area contributed by atoms with Gasteiger partial charge < -0.3 is 10.4 Å². The van der Waals surface area contributed by atoms with E-state index in [9.17, 15) is 18.0 Å². The number of sulfonamides is 1. The lowest BCUT2D eigenvalue weighted by Gasteiger charge is -2.29. The molecule has 1 atom stereocenters. The maximum Gasteiger partial charge on any atom is 0.325 e. The van der Waals surface area contributed by atoms with E-state index in [0.29, 0.717) is 19.4 Å². The van der Waals surface area contributed by atoms with Crippen molar-refractivity contribution in [3.8, 4) is 0 Å². The Morgan fingerprint density at radius 1 is 1.50 bits per heavy atom. The van der Waals surface area contributed by atoms with Gasteiger partial charge in [0.2, 0.25) is 15.9 Å². The minimum Gasteiger partial charge on any atom is -0.480 e. The third-order valence-corrected chi connectivity index (χ3v) is 4.68. The maximum atomic E-state index is 12.2. The van der Waals surface area contributed by atoms with Crippen LogP contribution in [-0.2, 0) is 26.2 Å². The number of amides is 1. The van der Waals surface area contributed by atoms with E-state index in [-0.39, 0.29) is 24.8 Å². The van der Waals surface area contributed by atoms with Gasteiger partial charge in [0.05, 0.1) is 12.2 Å². The van der Waals surface area contributed by atoms with Crippen LogP contribution in [0.3, 0.4) is 0 Å². The topological polar surface area (TPSA) is 122 Å². The van der Waals surface area contributed by atoms with E-state index in [1.54, 1.807) is 0 Å². The van der Waals surface area contributed by atoms with Crippen LogP contribution in [0.1, 0.15) is 12.8 Å². The summed E-state index contributed by atoms with van der Waals surface area (Å²) >= 11 is 0. The van der Waals surface area contributed by atoms with Crippen molar-refractivity contribution in [2.24, 2.45) is 5.92 Å². The quantitative estimate of drug-likeness (QED) is 0.756. The number of carboxylic acids is 1. The smallest absolute Gasteiger partial charge is 0.325 e. The zero-order valence-corrected chi connectivity index (χ0v) is 12.9. The highest BCUT2D eigenvalue weighted by atomic mass is 32.2. The standard InChI is InChI=1S/C12H18N4O5S/c1-22(20,21)16-5-2-3-9(7-16)12(19)13-10-4-6-15(14-10)8-11(17)18/h4,6,9H,2-3,5,7-8H2,1H3,(H,17,18)(H,13,14,19)/t9-/m1/s1.